The third-order valence-electron chi connectivity index (χ3n) is 6.92. The molecule has 2 aliphatic heterocycles. The number of hydrogen-bond acceptors (Lipinski definition) is 6. The quantitative estimate of drug-likeness (QED) is 0.638. The molecule has 0 unspecified atom stereocenters. The number of nitrogens with one attached hydrogen (secondary N) is 1. The largest absolute Gasteiger partial charge is 0.384 e. The Bertz CT molecular complexity index is 1180. The number of amides is 1. The highest BCUT2D eigenvalue weighted by atomic mass is 19.1. The van der Waals surface area contributed by atoms with Gasteiger partial charge < -0.3 is 16.0 Å². The number of piperidine rings is 1. The molecule has 3 aromatic rings. The van der Waals surface area contributed by atoms with E-state index in [2.05, 4.69) is 20.3 Å². The summed E-state index contributed by atoms with van der Waals surface area (Å²) in [5.41, 5.74) is 9.80. The maximum Gasteiger partial charge on any atom is 0.256 e. The first-order valence-electron chi connectivity index (χ1n) is 11.4. The van der Waals surface area contributed by atoms with Crippen molar-refractivity contribution in [3.8, 4) is 22.4 Å². The van der Waals surface area contributed by atoms with Crippen molar-refractivity contribution in [3.63, 3.8) is 0 Å². The molecule has 2 aromatic heterocycles. The molecule has 0 saturated carbocycles. The van der Waals surface area contributed by atoms with Crippen LogP contribution in [0.1, 0.15) is 35.8 Å². The summed E-state index contributed by atoms with van der Waals surface area (Å²) in [4.78, 5) is 27.9. The van der Waals surface area contributed by atoms with Gasteiger partial charge in [-0.1, -0.05) is 13.0 Å². The van der Waals surface area contributed by atoms with Crippen LogP contribution in [0.4, 0.5) is 10.2 Å². The maximum atomic E-state index is 15.2. The number of nitrogens with two attached hydrogens (primary N) is 1. The van der Waals surface area contributed by atoms with E-state index in [1.807, 2.05) is 13.0 Å². The fourth-order valence-corrected chi connectivity index (χ4v) is 4.79. The zero-order valence-corrected chi connectivity index (χ0v) is 18.6. The van der Waals surface area contributed by atoms with Crippen molar-refractivity contribution in [2.24, 2.45) is 5.41 Å². The van der Waals surface area contributed by atoms with Crippen LogP contribution in [0.15, 0.2) is 42.9 Å². The summed E-state index contributed by atoms with van der Waals surface area (Å²) in [7, 11) is 0. The molecule has 1 spiro atoms. The monoisotopic (exact) mass is 446 g/mol. The molecule has 0 atom stereocenters. The van der Waals surface area contributed by atoms with Gasteiger partial charge in [-0.25, -0.2) is 19.3 Å². The number of aryl methyl sites for hydroxylation is 1. The van der Waals surface area contributed by atoms with Gasteiger partial charge >= 0.3 is 0 Å². The molecule has 1 aromatic carbocycles. The van der Waals surface area contributed by atoms with E-state index in [1.165, 1.54) is 12.4 Å². The highest BCUT2D eigenvalue weighted by molar-refractivity contribution is 5.95. The van der Waals surface area contributed by atoms with Gasteiger partial charge in [0.25, 0.3) is 5.91 Å². The number of pyridine rings is 1. The zero-order chi connectivity index (χ0) is 23.0. The Morgan fingerprint density at radius 2 is 1.88 bits per heavy atom. The lowest BCUT2D eigenvalue weighted by molar-refractivity contribution is 0.0411. The van der Waals surface area contributed by atoms with E-state index in [-0.39, 0.29) is 11.5 Å². The number of halogens is 1. The zero-order valence-electron chi connectivity index (χ0n) is 18.6. The highest BCUT2D eigenvalue weighted by Gasteiger charge is 2.40. The average Bonchev–Trinajstić information content (AvgIpc) is 2.82. The summed E-state index contributed by atoms with van der Waals surface area (Å²) in [6, 6.07) is 8.30. The van der Waals surface area contributed by atoms with Crippen LogP contribution in [0.25, 0.3) is 22.4 Å². The SMILES string of the molecule is CCc1ncnc(-c2ccc(C(=O)N3CCC4(CC3)CNC4)c(F)c2)c1-c1ccc(N)nc1. The molecule has 2 fully saturated rings. The average molecular weight is 447 g/mol. The summed E-state index contributed by atoms with van der Waals surface area (Å²) in [6.45, 7) is 5.37. The van der Waals surface area contributed by atoms with Crippen molar-refractivity contribution >= 4 is 11.7 Å². The normalized spacial score (nSPS) is 17.1. The molecule has 2 aliphatic rings. The molecule has 5 rings (SSSR count). The Labute approximate surface area is 192 Å². The van der Waals surface area contributed by atoms with Crippen molar-refractivity contribution in [2.45, 2.75) is 26.2 Å². The van der Waals surface area contributed by atoms with Gasteiger partial charge in [-0.05, 0) is 48.9 Å². The van der Waals surface area contributed by atoms with Crippen LogP contribution < -0.4 is 11.1 Å². The van der Waals surface area contributed by atoms with Crippen LogP contribution in [0.5, 0.6) is 0 Å². The lowest BCUT2D eigenvalue weighted by Gasteiger charge is -2.48. The van der Waals surface area contributed by atoms with Crippen LogP contribution in [0.2, 0.25) is 0 Å². The fourth-order valence-electron chi connectivity index (χ4n) is 4.79. The van der Waals surface area contributed by atoms with Crippen molar-refractivity contribution in [1.82, 2.24) is 25.2 Å². The number of carbonyl (C=O) groups excluding carboxylic acids is 1. The van der Waals surface area contributed by atoms with E-state index in [0.717, 1.165) is 42.8 Å². The number of likely N-dealkylation sites (tertiary alicyclic amines) is 1. The third-order valence-corrected chi connectivity index (χ3v) is 6.92. The summed E-state index contributed by atoms with van der Waals surface area (Å²) in [5, 5.41) is 3.32. The number of nitrogens with zero attached hydrogens (tertiary/aromatic N) is 4. The molecule has 1 amide bonds. The van der Waals surface area contributed by atoms with Crippen LogP contribution in [0, 0.1) is 11.2 Å². The molecule has 3 N–H and O–H groups in total. The predicted molar refractivity (Wildman–Crippen MR) is 125 cm³/mol. The second kappa shape index (κ2) is 8.51. The van der Waals surface area contributed by atoms with Gasteiger partial charge in [0.15, 0.2) is 0 Å². The van der Waals surface area contributed by atoms with Crippen LogP contribution in [0.3, 0.4) is 0 Å². The molecule has 170 valence electrons. The Hall–Kier alpha value is -3.39. The third kappa shape index (κ3) is 3.95. The first-order chi connectivity index (χ1) is 16.0. The van der Waals surface area contributed by atoms with E-state index in [0.29, 0.717) is 42.0 Å². The highest BCUT2D eigenvalue weighted by Crippen LogP contribution is 2.36. The number of rotatable bonds is 4. The molecule has 33 heavy (non-hydrogen) atoms. The standard InChI is InChI=1S/C25H27FN6O/c1-2-20-22(17-4-6-21(27)29-12-17)23(31-15-30-20)16-3-5-18(19(26)11-16)24(33)32-9-7-25(8-10-32)13-28-14-25/h3-6,11-12,15,28H,2,7-10,13-14H2,1H3,(H2,27,29). The molecular weight excluding hydrogens is 419 g/mol. The molecule has 0 radical (unpaired) electrons. The lowest BCUT2D eigenvalue weighted by atomic mass is 9.73. The Morgan fingerprint density at radius 1 is 1.12 bits per heavy atom. The minimum Gasteiger partial charge on any atom is -0.384 e. The minimum absolute atomic E-state index is 0.0990. The van der Waals surface area contributed by atoms with Gasteiger partial charge in [-0.15, -0.1) is 0 Å². The second-order valence-corrected chi connectivity index (χ2v) is 8.96. The van der Waals surface area contributed by atoms with Gasteiger partial charge in [0.05, 0.1) is 17.0 Å². The van der Waals surface area contributed by atoms with E-state index in [9.17, 15) is 4.79 Å². The van der Waals surface area contributed by atoms with E-state index < -0.39 is 5.82 Å². The molecule has 8 heteroatoms. The molecule has 0 bridgehead atoms. The van der Waals surface area contributed by atoms with Crippen molar-refractivity contribution in [3.05, 3.63) is 59.9 Å². The van der Waals surface area contributed by atoms with Crippen LogP contribution in [-0.2, 0) is 6.42 Å². The Balaban J connectivity index is 1.45. The van der Waals surface area contributed by atoms with E-state index in [4.69, 9.17) is 5.73 Å². The van der Waals surface area contributed by atoms with Gasteiger partial charge in [-0.2, -0.15) is 0 Å². The van der Waals surface area contributed by atoms with Crippen molar-refractivity contribution < 1.29 is 9.18 Å². The molecular formula is C25H27FN6O. The first kappa shape index (κ1) is 21.5. The summed E-state index contributed by atoms with van der Waals surface area (Å²) >= 11 is 0. The predicted octanol–water partition coefficient (Wildman–Crippen LogP) is 3.31. The minimum atomic E-state index is -0.541. The van der Waals surface area contributed by atoms with E-state index in [1.54, 1.807) is 29.3 Å². The maximum absolute atomic E-state index is 15.2. The van der Waals surface area contributed by atoms with Crippen LogP contribution >= 0.6 is 0 Å². The van der Waals surface area contributed by atoms with Crippen LogP contribution in [-0.4, -0.2) is 51.9 Å². The second-order valence-electron chi connectivity index (χ2n) is 8.96. The smallest absolute Gasteiger partial charge is 0.256 e. The van der Waals surface area contributed by atoms with Gasteiger partial charge in [-0.3, -0.25) is 4.79 Å². The summed E-state index contributed by atoms with van der Waals surface area (Å²) in [6.07, 6.45) is 5.76. The van der Waals surface area contributed by atoms with Crippen molar-refractivity contribution in [1.29, 1.82) is 0 Å². The van der Waals surface area contributed by atoms with Gasteiger partial charge in [0, 0.05) is 49.1 Å². The van der Waals surface area contributed by atoms with E-state index >= 15 is 4.39 Å². The summed E-state index contributed by atoms with van der Waals surface area (Å²) < 4.78 is 15.2. The molecule has 2 saturated heterocycles. The van der Waals surface area contributed by atoms with Gasteiger partial charge in [0.2, 0.25) is 0 Å². The summed E-state index contributed by atoms with van der Waals surface area (Å²) in [5.74, 6) is -0.372. The number of hydrogen-bond donors (Lipinski definition) is 2. The first-order valence-corrected chi connectivity index (χ1v) is 11.4. The number of carbonyl (C=O) groups is 1. The Kier molecular flexibility index (Phi) is 5.54. The Morgan fingerprint density at radius 3 is 2.48 bits per heavy atom. The number of anilines is 1. The number of benzene rings is 1. The lowest BCUT2D eigenvalue weighted by Crippen LogP contribution is -2.58. The number of aromatic nitrogens is 3. The molecule has 7 nitrogen and oxygen atoms in total. The fraction of sp³-hybridized carbons (Fsp3) is 0.360. The molecule has 4 heterocycles. The van der Waals surface area contributed by atoms with Crippen molar-refractivity contribution in [2.75, 3.05) is 31.9 Å². The van der Waals surface area contributed by atoms with Gasteiger partial charge in [0.1, 0.15) is 18.0 Å². The topological polar surface area (TPSA) is 97.0 Å². The number of nitrogen functional groups attached to an aromatic ring is 1. The molecule has 0 aliphatic carbocycles.